The Balaban J connectivity index is 2.92. The second-order valence-electron chi connectivity index (χ2n) is 6.52. The highest BCUT2D eigenvalue weighted by Crippen LogP contribution is 2.36. The summed E-state index contributed by atoms with van der Waals surface area (Å²) in [7, 11) is 0. The third-order valence-electron chi connectivity index (χ3n) is 3.83. The van der Waals surface area contributed by atoms with Crippen LogP contribution >= 0.6 is 11.6 Å². The maximum absolute atomic E-state index is 10.2. The van der Waals surface area contributed by atoms with E-state index in [-0.39, 0.29) is 5.92 Å². The molecule has 0 heterocycles. The van der Waals surface area contributed by atoms with E-state index < -0.39 is 5.60 Å². The van der Waals surface area contributed by atoms with Crippen molar-refractivity contribution in [3.05, 3.63) is 33.2 Å². The Morgan fingerprint density at radius 2 is 1.86 bits per heavy atom. The number of nitrogen functional groups attached to an aromatic ring is 1. The fraction of sp³-hybridized carbons (Fsp3) is 0.625. The molecular formula is C16H25ClN2O2. The summed E-state index contributed by atoms with van der Waals surface area (Å²) in [5.41, 5.74) is 8.68. The molecule has 118 valence electrons. The number of benzene rings is 1. The first kappa shape index (κ1) is 17.8. The molecule has 0 aliphatic rings. The van der Waals surface area contributed by atoms with E-state index in [0.717, 1.165) is 23.2 Å². The Bertz CT molecular complexity index is 501. The van der Waals surface area contributed by atoms with Gasteiger partial charge >= 0.3 is 0 Å². The molecule has 0 bridgehead atoms. The summed E-state index contributed by atoms with van der Waals surface area (Å²) < 4.78 is 0. The van der Waals surface area contributed by atoms with Gasteiger partial charge in [0.2, 0.25) is 0 Å². The van der Waals surface area contributed by atoms with Crippen molar-refractivity contribution in [2.24, 2.45) is 5.34 Å². The molecular weight excluding hydrogens is 288 g/mol. The van der Waals surface area contributed by atoms with Crippen molar-refractivity contribution in [1.29, 1.82) is 0 Å². The van der Waals surface area contributed by atoms with E-state index in [1.807, 2.05) is 26.0 Å². The van der Waals surface area contributed by atoms with Gasteiger partial charge in [-0.1, -0.05) is 32.4 Å². The van der Waals surface area contributed by atoms with Gasteiger partial charge in [0.25, 0.3) is 0 Å². The third kappa shape index (κ3) is 4.88. The molecule has 0 aliphatic heterocycles. The lowest BCUT2D eigenvalue weighted by atomic mass is 9.87. The van der Waals surface area contributed by atoms with Gasteiger partial charge in [0.1, 0.15) is 5.60 Å². The van der Waals surface area contributed by atoms with Crippen molar-refractivity contribution in [2.75, 3.05) is 5.73 Å². The van der Waals surface area contributed by atoms with Crippen molar-refractivity contribution < 1.29 is 4.84 Å². The van der Waals surface area contributed by atoms with Crippen LogP contribution in [0.2, 0.25) is 5.02 Å². The maximum atomic E-state index is 10.2. The van der Waals surface area contributed by atoms with E-state index in [9.17, 15) is 4.91 Å². The number of anilines is 1. The number of hydrogen-bond acceptors (Lipinski definition) is 4. The maximum Gasteiger partial charge on any atom is 0.155 e. The summed E-state index contributed by atoms with van der Waals surface area (Å²) in [6, 6.07) is 3.86. The zero-order valence-electron chi connectivity index (χ0n) is 13.4. The zero-order chi connectivity index (χ0) is 16.2. The topological polar surface area (TPSA) is 64.7 Å². The van der Waals surface area contributed by atoms with Crippen molar-refractivity contribution in [3.8, 4) is 0 Å². The molecule has 0 saturated heterocycles. The Morgan fingerprint density at radius 3 is 2.38 bits per heavy atom. The summed E-state index contributed by atoms with van der Waals surface area (Å²) in [6.07, 6.45) is 1.55. The van der Waals surface area contributed by atoms with Crippen molar-refractivity contribution in [3.63, 3.8) is 0 Å². The quantitative estimate of drug-likeness (QED) is 0.416. The molecule has 2 N–H and O–H groups in total. The molecule has 0 saturated carbocycles. The van der Waals surface area contributed by atoms with Crippen molar-refractivity contribution in [2.45, 2.75) is 64.9 Å². The van der Waals surface area contributed by atoms with Gasteiger partial charge in [-0.05, 0) is 61.8 Å². The van der Waals surface area contributed by atoms with Crippen LogP contribution < -0.4 is 5.73 Å². The Labute approximate surface area is 131 Å². The average Bonchev–Trinajstić information content (AvgIpc) is 2.38. The molecule has 1 aromatic rings. The van der Waals surface area contributed by atoms with Gasteiger partial charge in [0, 0.05) is 10.7 Å². The molecule has 0 fully saturated rings. The minimum absolute atomic E-state index is 0.232. The molecule has 0 amide bonds. The van der Waals surface area contributed by atoms with E-state index >= 15 is 0 Å². The smallest absolute Gasteiger partial charge is 0.155 e. The van der Waals surface area contributed by atoms with Crippen LogP contribution in [-0.4, -0.2) is 5.60 Å². The lowest BCUT2D eigenvalue weighted by Crippen LogP contribution is -2.22. The fourth-order valence-electron chi connectivity index (χ4n) is 2.41. The van der Waals surface area contributed by atoms with E-state index in [2.05, 4.69) is 26.1 Å². The highest BCUT2D eigenvalue weighted by molar-refractivity contribution is 6.30. The molecule has 0 radical (unpaired) electrons. The predicted octanol–water partition coefficient (Wildman–Crippen LogP) is 5.41. The third-order valence-corrected chi connectivity index (χ3v) is 4.04. The van der Waals surface area contributed by atoms with Gasteiger partial charge in [-0.15, -0.1) is 4.91 Å². The number of rotatable bonds is 7. The van der Waals surface area contributed by atoms with Crippen LogP contribution in [0.3, 0.4) is 0 Å². The van der Waals surface area contributed by atoms with Crippen LogP contribution in [0.4, 0.5) is 5.69 Å². The number of halogens is 1. The Morgan fingerprint density at radius 1 is 1.29 bits per heavy atom. The van der Waals surface area contributed by atoms with E-state index in [1.165, 1.54) is 0 Å². The van der Waals surface area contributed by atoms with Crippen LogP contribution in [0.25, 0.3) is 0 Å². The van der Waals surface area contributed by atoms with Gasteiger partial charge in [-0.2, -0.15) is 0 Å². The number of nitrogens with zero attached hydrogens (tertiary/aromatic N) is 1. The van der Waals surface area contributed by atoms with Gasteiger partial charge in [0.15, 0.2) is 5.34 Å². The highest BCUT2D eigenvalue weighted by atomic mass is 35.5. The molecule has 1 unspecified atom stereocenters. The fourth-order valence-corrected chi connectivity index (χ4v) is 2.65. The second-order valence-corrected chi connectivity index (χ2v) is 6.95. The van der Waals surface area contributed by atoms with E-state index in [0.29, 0.717) is 17.4 Å². The minimum Gasteiger partial charge on any atom is -0.398 e. The summed E-state index contributed by atoms with van der Waals surface area (Å²) >= 11 is 6.21. The summed E-state index contributed by atoms with van der Waals surface area (Å²) in [5, 5.41) is 3.24. The molecule has 0 spiro atoms. The lowest BCUT2D eigenvalue weighted by molar-refractivity contribution is -0.0255. The number of nitrogens with two attached hydrogens (primary N) is 1. The Hall–Kier alpha value is -1.29. The van der Waals surface area contributed by atoms with E-state index in [4.69, 9.17) is 22.2 Å². The average molecular weight is 313 g/mol. The first-order valence-electron chi connectivity index (χ1n) is 7.27. The Kier molecular flexibility index (Phi) is 6.02. The highest BCUT2D eigenvalue weighted by Gasteiger charge is 2.23. The van der Waals surface area contributed by atoms with Crippen LogP contribution in [0.5, 0.6) is 0 Å². The summed E-state index contributed by atoms with van der Waals surface area (Å²) in [4.78, 5) is 15.1. The molecule has 1 atom stereocenters. The number of hydrogen-bond donors (Lipinski definition) is 1. The summed E-state index contributed by atoms with van der Waals surface area (Å²) in [5.74, 6) is 0.560. The van der Waals surface area contributed by atoms with Crippen LogP contribution in [0, 0.1) is 4.91 Å². The molecule has 5 heteroatoms. The first-order chi connectivity index (χ1) is 9.68. The van der Waals surface area contributed by atoms with Crippen LogP contribution in [0.15, 0.2) is 17.5 Å². The van der Waals surface area contributed by atoms with E-state index in [1.54, 1.807) is 0 Å². The largest absolute Gasteiger partial charge is 0.398 e. The summed E-state index contributed by atoms with van der Waals surface area (Å²) in [6.45, 7) is 10.0. The zero-order valence-corrected chi connectivity index (χ0v) is 14.2. The van der Waals surface area contributed by atoms with Crippen molar-refractivity contribution in [1.82, 2.24) is 0 Å². The lowest BCUT2D eigenvalue weighted by Gasteiger charge is -2.24. The minimum atomic E-state index is -0.565. The van der Waals surface area contributed by atoms with Gasteiger partial charge in [0.05, 0.1) is 0 Å². The van der Waals surface area contributed by atoms with Gasteiger partial charge < -0.3 is 10.6 Å². The normalized spacial score (nSPS) is 13.3. The monoisotopic (exact) mass is 312 g/mol. The first-order valence-corrected chi connectivity index (χ1v) is 7.65. The second kappa shape index (κ2) is 7.12. The van der Waals surface area contributed by atoms with Crippen molar-refractivity contribution >= 4 is 17.3 Å². The molecule has 4 nitrogen and oxygen atoms in total. The molecule has 0 aromatic heterocycles. The van der Waals surface area contributed by atoms with Gasteiger partial charge in [-0.3, -0.25) is 0 Å². The van der Waals surface area contributed by atoms with Crippen LogP contribution in [-0.2, 0) is 4.84 Å². The molecule has 0 aliphatic carbocycles. The molecule has 21 heavy (non-hydrogen) atoms. The predicted molar refractivity (Wildman–Crippen MR) is 88.6 cm³/mol. The van der Waals surface area contributed by atoms with Crippen LogP contribution in [0.1, 0.15) is 70.4 Å². The molecule has 1 rings (SSSR count). The molecule has 1 aromatic carbocycles. The van der Waals surface area contributed by atoms with Gasteiger partial charge in [-0.25, -0.2) is 0 Å². The standard InChI is InChI=1S/C16H25ClN2O2/c1-10(2)13-8-12(17)9-14(15(13)18)11(3)6-7-16(4,5)21-19-20/h8-11H,6-7,18H2,1-5H3. The SMILES string of the molecule is CC(C)c1cc(Cl)cc(C(C)CCC(C)(C)ON=O)c1N.